The van der Waals surface area contributed by atoms with Crippen LogP contribution in [-0.4, -0.2) is 63.0 Å². The molecule has 11 heteroatoms. The molecule has 158 valence electrons. The fourth-order valence-corrected chi connectivity index (χ4v) is 6.00. The quantitative estimate of drug-likeness (QED) is 0.655. The maximum Gasteiger partial charge on any atom is 0.339 e. The third-order valence-corrected chi connectivity index (χ3v) is 8.13. The highest BCUT2D eigenvalue weighted by atomic mass is 32.2. The molecule has 3 rings (SSSR count). The Morgan fingerprint density at radius 3 is 2.62 bits per heavy atom. The summed E-state index contributed by atoms with van der Waals surface area (Å²) < 4.78 is 37.0. The zero-order valence-electron chi connectivity index (χ0n) is 16.4. The molecule has 1 fully saturated rings. The number of aryl methyl sites for hydroxylation is 1. The molecule has 0 saturated carbocycles. The number of ether oxygens (including phenoxy) is 2. The lowest BCUT2D eigenvalue weighted by Gasteiger charge is -2.25. The topological polar surface area (TPSA) is 118 Å². The van der Waals surface area contributed by atoms with Crippen LogP contribution in [0.25, 0.3) is 0 Å². The molecule has 1 saturated heterocycles. The van der Waals surface area contributed by atoms with Gasteiger partial charge in [-0.3, -0.25) is 4.79 Å². The second-order valence-corrected chi connectivity index (χ2v) is 9.87. The summed E-state index contributed by atoms with van der Waals surface area (Å²) in [5.41, 5.74) is 1.68. The molecular formula is C18H23N3O6S2. The number of hydrogen-bond donors (Lipinski definition) is 2. The van der Waals surface area contributed by atoms with Crippen molar-refractivity contribution in [2.45, 2.75) is 24.6 Å². The van der Waals surface area contributed by atoms with Crippen molar-refractivity contribution in [3.05, 3.63) is 39.5 Å². The standard InChI is InChI=1S/C18H23N3O6S2/c1-11-15(18(23)26-3)12(2)20-16(11)17(22)19-10-13-4-5-14(28-13)29(24,25)21-6-8-27-9-7-21/h4-5,20H,6-10H2,1-3H3,(H,19,22). The molecule has 0 atom stereocenters. The molecule has 3 heterocycles. The molecule has 0 spiro atoms. The van der Waals surface area contributed by atoms with E-state index >= 15 is 0 Å². The van der Waals surface area contributed by atoms with Gasteiger partial charge >= 0.3 is 5.97 Å². The number of rotatable bonds is 6. The highest BCUT2D eigenvalue weighted by Gasteiger charge is 2.28. The number of carbonyl (C=O) groups is 2. The summed E-state index contributed by atoms with van der Waals surface area (Å²) in [5.74, 6) is -0.891. The number of amides is 1. The lowest BCUT2D eigenvalue weighted by atomic mass is 10.1. The second-order valence-electron chi connectivity index (χ2n) is 6.54. The fraction of sp³-hybridized carbons (Fsp3) is 0.444. The summed E-state index contributed by atoms with van der Waals surface area (Å²) in [6.45, 7) is 4.97. The van der Waals surface area contributed by atoms with Gasteiger partial charge in [0.1, 0.15) is 9.90 Å². The van der Waals surface area contributed by atoms with Gasteiger partial charge in [0.05, 0.1) is 32.4 Å². The van der Waals surface area contributed by atoms with E-state index < -0.39 is 16.0 Å². The van der Waals surface area contributed by atoms with Crippen molar-refractivity contribution in [3.63, 3.8) is 0 Å². The van der Waals surface area contributed by atoms with E-state index in [2.05, 4.69) is 10.3 Å². The van der Waals surface area contributed by atoms with Crippen LogP contribution < -0.4 is 5.32 Å². The molecule has 9 nitrogen and oxygen atoms in total. The van der Waals surface area contributed by atoms with Crippen LogP contribution in [0.15, 0.2) is 16.3 Å². The Morgan fingerprint density at radius 1 is 1.28 bits per heavy atom. The van der Waals surface area contributed by atoms with Gasteiger partial charge in [-0.2, -0.15) is 4.31 Å². The third kappa shape index (κ3) is 4.37. The van der Waals surface area contributed by atoms with Gasteiger partial charge in [0.2, 0.25) is 0 Å². The first kappa shape index (κ1) is 21.5. The number of aromatic amines is 1. The number of morpholine rings is 1. The molecule has 0 bridgehead atoms. The molecule has 29 heavy (non-hydrogen) atoms. The highest BCUT2D eigenvalue weighted by Crippen LogP contribution is 2.26. The van der Waals surface area contributed by atoms with E-state index in [1.54, 1.807) is 26.0 Å². The summed E-state index contributed by atoms with van der Waals surface area (Å²) in [5, 5.41) is 2.76. The zero-order valence-corrected chi connectivity index (χ0v) is 18.0. The number of nitrogens with one attached hydrogen (secondary N) is 2. The molecule has 1 aliphatic rings. The maximum atomic E-state index is 12.7. The Kier molecular flexibility index (Phi) is 6.42. The molecular weight excluding hydrogens is 418 g/mol. The predicted molar refractivity (Wildman–Crippen MR) is 107 cm³/mol. The fourth-order valence-electron chi connectivity index (χ4n) is 3.15. The number of hydrogen-bond acceptors (Lipinski definition) is 7. The SMILES string of the molecule is COC(=O)c1c(C)[nH]c(C(=O)NCc2ccc(S(=O)(=O)N3CCOCC3)s2)c1C. The smallest absolute Gasteiger partial charge is 0.339 e. The van der Waals surface area contributed by atoms with Crippen LogP contribution in [0.4, 0.5) is 0 Å². The zero-order chi connectivity index (χ0) is 21.2. The Labute approximate surface area is 173 Å². The first-order chi connectivity index (χ1) is 13.8. The van der Waals surface area contributed by atoms with E-state index in [1.807, 2.05) is 0 Å². The van der Waals surface area contributed by atoms with Crippen LogP contribution in [0.3, 0.4) is 0 Å². The first-order valence-corrected chi connectivity index (χ1v) is 11.2. The van der Waals surface area contributed by atoms with Gasteiger partial charge < -0.3 is 19.8 Å². The summed E-state index contributed by atoms with van der Waals surface area (Å²) in [4.78, 5) is 28.0. The molecule has 2 aromatic heterocycles. The van der Waals surface area contributed by atoms with Gasteiger partial charge in [0.25, 0.3) is 15.9 Å². The van der Waals surface area contributed by atoms with Gasteiger partial charge in [0.15, 0.2) is 0 Å². The van der Waals surface area contributed by atoms with Gasteiger partial charge in [-0.1, -0.05) is 0 Å². The van der Waals surface area contributed by atoms with Crippen LogP contribution in [0, 0.1) is 13.8 Å². The van der Waals surface area contributed by atoms with Gasteiger partial charge in [-0.05, 0) is 31.5 Å². The van der Waals surface area contributed by atoms with Crippen LogP contribution in [0.5, 0.6) is 0 Å². The number of H-pyrrole nitrogens is 1. The Balaban J connectivity index is 1.68. The van der Waals surface area contributed by atoms with Crippen molar-refractivity contribution < 1.29 is 27.5 Å². The van der Waals surface area contributed by atoms with Crippen molar-refractivity contribution in [1.82, 2.24) is 14.6 Å². The number of thiophene rings is 1. The largest absolute Gasteiger partial charge is 0.465 e. The molecule has 2 aromatic rings. The summed E-state index contributed by atoms with van der Waals surface area (Å²) in [6.07, 6.45) is 0. The third-order valence-electron chi connectivity index (χ3n) is 4.68. The van der Waals surface area contributed by atoms with E-state index in [9.17, 15) is 18.0 Å². The molecule has 0 aliphatic carbocycles. The average molecular weight is 442 g/mol. The summed E-state index contributed by atoms with van der Waals surface area (Å²) in [7, 11) is -2.27. The van der Waals surface area contributed by atoms with Crippen LogP contribution in [0.1, 0.15) is 37.0 Å². The van der Waals surface area contributed by atoms with E-state index in [0.29, 0.717) is 48.0 Å². The van der Waals surface area contributed by atoms with Crippen molar-refractivity contribution in [2.24, 2.45) is 0 Å². The lowest BCUT2D eigenvalue weighted by molar-refractivity contribution is 0.0599. The van der Waals surface area contributed by atoms with E-state index in [0.717, 1.165) is 11.3 Å². The molecule has 1 amide bonds. The first-order valence-electron chi connectivity index (χ1n) is 8.98. The van der Waals surface area contributed by atoms with Crippen molar-refractivity contribution in [2.75, 3.05) is 33.4 Å². The molecule has 0 radical (unpaired) electrons. The number of aromatic nitrogens is 1. The van der Waals surface area contributed by atoms with E-state index in [1.165, 1.54) is 11.4 Å². The van der Waals surface area contributed by atoms with Crippen LogP contribution >= 0.6 is 11.3 Å². The number of esters is 1. The Morgan fingerprint density at radius 2 is 1.97 bits per heavy atom. The minimum Gasteiger partial charge on any atom is -0.465 e. The predicted octanol–water partition coefficient (Wildman–Crippen LogP) is 1.43. The number of methoxy groups -OCH3 is 1. The van der Waals surface area contributed by atoms with Crippen LogP contribution in [0.2, 0.25) is 0 Å². The molecule has 0 aromatic carbocycles. The summed E-state index contributed by atoms with van der Waals surface area (Å²) in [6, 6.07) is 3.24. The molecule has 2 N–H and O–H groups in total. The maximum absolute atomic E-state index is 12.7. The average Bonchev–Trinajstić information content (AvgIpc) is 3.31. The molecule has 1 aliphatic heterocycles. The number of carbonyl (C=O) groups excluding carboxylic acids is 2. The van der Waals surface area contributed by atoms with Crippen molar-refractivity contribution in [3.8, 4) is 0 Å². The van der Waals surface area contributed by atoms with Crippen molar-refractivity contribution in [1.29, 1.82) is 0 Å². The van der Waals surface area contributed by atoms with Gasteiger partial charge in [0, 0.05) is 23.7 Å². The Bertz CT molecular complexity index is 1020. The minimum absolute atomic E-state index is 0.174. The second kappa shape index (κ2) is 8.66. The van der Waals surface area contributed by atoms with E-state index in [-0.39, 0.29) is 22.4 Å². The number of sulfonamides is 1. The summed E-state index contributed by atoms with van der Waals surface area (Å²) >= 11 is 1.12. The lowest BCUT2D eigenvalue weighted by Crippen LogP contribution is -2.40. The monoisotopic (exact) mass is 441 g/mol. The van der Waals surface area contributed by atoms with E-state index in [4.69, 9.17) is 9.47 Å². The van der Waals surface area contributed by atoms with Gasteiger partial charge in [-0.25, -0.2) is 13.2 Å². The Hall–Kier alpha value is -2.21. The minimum atomic E-state index is -3.55. The van der Waals surface area contributed by atoms with Crippen LogP contribution in [-0.2, 0) is 26.0 Å². The number of nitrogens with zero attached hydrogens (tertiary/aromatic N) is 1. The normalized spacial score (nSPS) is 15.3. The highest BCUT2D eigenvalue weighted by molar-refractivity contribution is 7.91. The van der Waals surface area contributed by atoms with Crippen molar-refractivity contribution >= 4 is 33.2 Å². The molecule has 0 unspecified atom stereocenters. The van der Waals surface area contributed by atoms with Gasteiger partial charge in [-0.15, -0.1) is 11.3 Å².